The van der Waals surface area contributed by atoms with E-state index in [0.29, 0.717) is 23.0 Å². The van der Waals surface area contributed by atoms with Gasteiger partial charge >= 0.3 is 12.0 Å². The highest BCUT2D eigenvalue weighted by molar-refractivity contribution is 7.80. The van der Waals surface area contributed by atoms with Crippen LogP contribution in [0.3, 0.4) is 0 Å². The van der Waals surface area contributed by atoms with Crippen molar-refractivity contribution >= 4 is 40.7 Å². The Hall–Kier alpha value is -3.39. The molecule has 174 valence electrons. The molecule has 0 aromatic heterocycles. The minimum atomic E-state index is -0.441. The molecular formula is C25H30N4O3S. The predicted octanol–water partition coefficient (Wildman–Crippen LogP) is 4.97. The van der Waals surface area contributed by atoms with Crippen molar-refractivity contribution in [3.8, 4) is 0 Å². The number of ether oxygens (including phenoxy) is 1. The molecule has 0 saturated carbocycles. The minimum absolute atomic E-state index is 0.236. The molecule has 3 N–H and O–H groups in total. The van der Waals surface area contributed by atoms with Gasteiger partial charge in [-0.05, 0) is 67.4 Å². The summed E-state index contributed by atoms with van der Waals surface area (Å²) in [6, 6.07) is 14.1. The lowest BCUT2D eigenvalue weighted by Gasteiger charge is -2.35. The number of amides is 2. The minimum Gasteiger partial charge on any atom is -0.462 e. The van der Waals surface area contributed by atoms with E-state index >= 15 is 0 Å². The Morgan fingerprint density at radius 3 is 2.39 bits per heavy atom. The topological polar surface area (TPSA) is 82.7 Å². The number of thiocarbonyl (C=S) groups is 1. The molecule has 33 heavy (non-hydrogen) atoms. The van der Waals surface area contributed by atoms with Crippen LogP contribution in [0.4, 0.5) is 16.2 Å². The Morgan fingerprint density at radius 2 is 1.76 bits per heavy atom. The van der Waals surface area contributed by atoms with E-state index < -0.39 is 6.04 Å². The van der Waals surface area contributed by atoms with Crippen molar-refractivity contribution < 1.29 is 14.3 Å². The number of carbonyl (C=O) groups excluding carboxylic acids is 2. The van der Waals surface area contributed by atoms with Crippen LogP contribution >= 0.6 is 12.2 Å². The van der Waals surface area contributed by atoms with Crippen molar-refractivity contribution in [3.63, 3.8) is 0 Å². The summed E-state index contributed by atoms with van der Waals surface area (Å²) in [6.45, 7) is 8.15. The number of aryl methyl sites for hydroxylation is 1. The third-order valence-corrected chi connectivity index (χ3v) is 5.69. The summed E-state index contributed by atoms with van der Waals surface area (Å²) in [7, 11) is 1.82. The molecule has 0 aliphatic carbocycles. The summed E-state index contributed by atoms with van der Waals surface area (Å²) in [6.07, 6.45) is 0. The van der Waals surface area contributed by atoms with Gasteiger partial charge in [-0.2, -0.15) is 0 Å². The maximum absolute atomic E-state index is 12.9. The van der Waals surface area contributed by atoms with Crippen LogP contribution in [0.15, 0.2) is 59.8 Å². The number of hydrogen-bond donors (Lipinski definition) is 3. The molecule has 1 aliphatic heterocycles. The number of hydrogen-bond acceptors (Lipinski definition) is 4. The lowest BCUT2D eigenvalue weighted by atomic mass is 9.95. The van der Waals surface area contributed by atoms with E-state index in [2.05, 4.69) is 16.0 Å². The molecule has 8 heteroatoms. The number of benzene rings is 2. The third kappa shape index (κ3) is 6.10. The second-order valence-electron chi connectivity index (χ2n) is 8.50. The number of allylic oxidation sites excluding steroid dienone is 1. The van der Waals surface area contributed by atoms with E-state index in [1.807, 2.05) is 71.1 Å². The Morgan fingerprint density at radius 1 is 1.09 bits per heavy atom. The first-order chi connectivity index (χ1) is 15.7. The Kier molecular flexibility index (Phi) is 7.71. The summed E-state index contributed by atoms with van der Waals surface area (Å²) in [5.41, 5.74) is 4.52. The van der Waals surface area contributed by atoms with Gasteiger partial charge in [-0.15, -0.1) is 0 Å². The zero-order chi connectivity index (χ0) is 24.1. The van der Waals surface area contributed by atoms with E-state index in [-0.39, 0.29) is 17.9 Å². The zero-order valence-corrected chi connectivity index (χ0v) is 20.4. The summed E-state index contributed by atoms with van der Waals surface area (Å²) >= 11 is 5.45. The predicted molar refractivity (Wildman–Crippen MR) is 135 cm³/mol. The summed E-state index contributed by atoms with van der Waals surface area (Å²) in [5, 5.41) is 9.39. The molecule has 3 rings (SSSR count). The first-order valence-corrected chi connectivity index (χ1v) is 11.2. The van der Waals surface area contributed by atoms with Crippen molar-refractivity contribution in [1.82, 2.24) is 10.2 Å². The molecule has 2 aromatic rings. The van der Waals surface area contributed by atoms with Crippen LogP contribution in [0.2, 0.25) is 0 Å². The molecule has 0 spiro atoms. The average Bonchev–Trinajstić information content (AvgIpc) is 2.76. The number of esters is 1. The molecule has 0 fully saturated rings. The molecule has 7 nitrogen and oxygen atoms in total. The van der Waals surface area contributed by atoms with Crippen molar-refractivity contribution in [1.29, 1.82) is 0 Å². The summed E-state index contributed by atoms with van der Waals surface area (Å²) in [4.78, 5) is 27.0. The van der Waals surface area contributed by atoms with Gasteiger partial charge in [0.2, 0.25) is 0 Å². The van der Waals surface area contributed by atoms with Crippen LogP contribution in [0.5, 0.6) is 0 Å². The van der Waals surface area contributed by atoms with E-state index in [4.69, 9.17) is 17.0 Å². The highest BCUT2D eigenvalue weighted by Gasteiger charge is 2.33. The fourth-order valence-corrected chi connectivity index (χ4v) is 3.70. The van der Waals surface area contributed by atoms with Crippen LogP contribution in [0.25, 0.3) is 0 Å². The van der Waals surface area contributed by atoms with Gasteiger partial charge in [0.15, 0.2) is 5.11 Å². The SMILES string of the molecule is CC1=C(C(=O)OCC(C)C)C(c2ccc(NC(=O)Nc3cccc(C)c3)cc2)NC(=S)N1C. The smallest absolute Gasteiger partial charge is 0.338 e. The number of carbonyl (C=O) groups is 2. The number of anilines is 2. The molecule has 1 unspecified atom stereocenters. The quantitative estimate of drug-likeness (QED) is 0.412. The van der Waals surface area contributed by atoms with E-state index in [1.165, 1.54) is 0 Å². The second-order valence-corrected chi connectivity index (χ2v) is 8.89. The van der Waals surface area contributed by atoms with E-state index in [1.54, 1.807) is 17.0 Å². The monoisotopic (exact) mass is 466 g/mol. The Bertz CT molecular complexity index is 1080. The van der Waals surface area contributed by atoms with Gasteiger partial charge in [-0.1, -0.05) is 38.1 Å². The van der Waals surface area contributed by atoms with Crippen molar-refractivity contribution in [3.05, 3.63) is 70.9 Å². The maximum Gasteiger partial charge on any atom is 0.338 e. The van der Waals surface area contributed by atoms with E-state index in [0.717, 1.165) is 22.5 Å². The van der Waals surface area contributed by atoms with Gasteiger partial charge in [0, 0.05) is 24.1 Å². The van der Waals surface area contributed by atoms with Crippen LogP contribution in [-0.2, 0) is 9.53 Å². The standard InChI is InChI=1S/C25H30N4O3S/c1-15(2)14-32-23(30)21-17(4)29(5)25(33)28-22(21)18-9-11-19(12-10-18)26-24(31)27-20-8-6-7-16(3)13-20/h6-13,15,22H,14H2,1-5H3,(H,28,33)(H2,26,27,31). The molecular weight excluding hydrogens is 436 g/mol. The second kappa shape index (κ2) is 10.5. The molecule has 0 bridgehead atoms. The number of urea groups is 1. The van der Waals surface area contributed by atoms with Gasteiger partial charge in [-0.25, -0.2) is 9.59 Å². The number of rotatable bonds is 6. The first-order valence-electron chi connectivity index (χ1n) is 10.8. The van der Waals surface area contributed by atoms with Crippen LogP contribution in [-0.4, -0.2) is 35.7 Å². The van der Waals surface area contributed by atoms with Gasteiger partial charge in [-0.3, -0.25) is 0 Å². The summed E-state index contributed by atoms with van der Waals surface area (Å²) < 4.78 is 5.52. The fraction of sp³-hybridized carbons (Fsp3) is 0.320. The average molecular weight is 467 g/mol. The van der Waals surface area contributed by atoms with Gasteiger partial charge in [0.05, 0.1) is 18.2 Å². The molecule has 1 heterocycles. The zero-order valence-electron chi connectivity index (χ0n) is 19.6. The van der Waals surface area contributed by atoms with Gasteiger partial charge in [0.25, 0.3) is 0 Å². The van der Waals surface area contributed by atoms with Crippen LogP contribution in [0, 0.1) is 12.8 Å². The van der Waals surface area contributed by atoms with Crippen LogP contribution in [0.1, 0.15) is 37.9 Å². The number of nitrogens with one attached hydrogen (secondary N) is 3. The van der Waals surface area contributed by atoms with Crippen LogP contribution < -0.4 is 16.0 Å². The van der Waals surface area contributed by atoms with Crippen molar-refractivity contribution in [2.75, 3.05) is 24.3 Å². The fourth-order valence-electron chi connectivity index (χ4n) is 3.45. The molecule has 0 radical (unpaired) electrons. The highest BCUT2D eigenvalue weighted by Crippen LogP contribution is 2.31. The number of nitrogens with zero attached hydrogens (tertiary/aromatic N) is 1. The third-order valence-electron chi connectivity index (χ3n) is 5.30. The lowest BCUT2D eigenvalue weighted by molar-refractivity contribution is -0.140. The molecule has 2 aromatic carbocycles. The van der Waals surface area contributed by atoms with Gasteiger partial charge < -0.3 is 25.6 Å². The Labute approximate surface area is 200 Å². The van der Waals surface area contributed by atoms with E-state index in [9.17, 15) is 9.59 Å². The maximum atomic E-state index is 12.9. The molecule has 0 saturated heterocycles. The van der Waals surface area contributed by atoms with Gasteiger partial charge in [0.1, 0.15) is 0 Å². The highest BCUT2D eigenvalue weighted by atomic mass is 32.1. The molecule has 1 aliphatic rings. The Balaban J connectivity index is 1.76. The lowest BCUT2D eigenvalue weighted by Crippen LogP contribution is -2.46. The molecule has 2 amide bonds. The summed E-state index contributed by atoms with van der Waals surface area (Å²) in [5.74, 6) is -0.132. The molecule has 1 atom stereocenters. The van der Waals surface area contributed by atoms with Crippen molar-refractivity contribution in [2.24, 2.45) is 5.92 Å². The first kappa shape index (κ1) is 24.3. The normalized spacial score (nSPS) is 15.9. The van der Waals surface area contributed by atoms with Crippen molar-refractivity contribution in [2.45, 2.75) is 33.7 Å². The largest absolute Gasteiger partial charge is 0.462 e.